The van der Waals surface area contributed by atoms with Crippen molar-refractivity contribution in [1.29, 1.82) is 5.39 Å². The molecule has 0 spiro atoms. The van der Waals surface area contributed by atoms with Crippen LogP contribution in [-0.4, -0.2) is 0 Å². The maximum absolute atomic E-state index is 8.11. The van der Waals surface area contributed by atoms with Crippen molar-refractivity contribution >= 4 is 0 Å². The third kappa shape index (κ3) is 23.6. The third-order valence-electron chi connectivity index (χ3n) is 0. The topological polar surface area (TPSA) is 51.2 Å². The van der Waals surface area contributed by atoms with Crippen LogP contribution in [0.2, 0.25) is 0 Å². The van der Waals surface area contributed by atoms with Crippen LogP contribution in [0.5, 0.6) is 0 Å². The molecule has 0 rings (SSSR count). The first-order valence-electron chi connectivity index (χ1n) is 0.383. The van der Waals surface area contributed by atoms with Gasteiger partial charge in [-0.25, -0.2) is 0 Å². The van der Waals surface area contributed by atoms with Crippen molar-refractivity contribution in [1.82, 2.24) is 0 Å². The minimum Gasteiger partial charge on any atom is -0.463 e. The third-order valence-corrected chi connectivity index (χ3v) is 0. The Morgan fingerprint density at radius 1 is 1.75 bits per heavy atom. The maximum Gasteiger partial charge on any atom is 0.237 e. The predicted octanol–water partition coefficient (Wildman–Crippen LogP) is 0.337. The normalized spacial score (nSPS) is 1.75. The Kier molecular flexibility index (Phi) is 21.6. The molecule has 0 atom stereocenters. The van der Waals surface area contributed by atoms with Gasteiger partial charge in [0, 0.05) is 37.7 Å². The zero-order valence-corrected chi connectivity index (χ0v) is 2.36. The molecule has 0 fully saturated rings. The van der Waals surface area contributed by atoms with E-state index in [0.717, 1.165) is 0 Å². The molecule has 0 aromatic heterocycles. The molecular formula is ArN2O. The van der Waals surface area contributed by atoms with Gasteiger partial charge in [0.05, 0.1) is 0 Å². The minimum atomic E-state index is 0. The zero-order valence-electron chi connectivity index (χ0n) is 1.66. The van der Waals surface area contributed by atoms with Crippen molar-refractivity contribution in [2.45, 2.75) is 0 Å². The van der Waals surface area contributed by atoms with Crippen LogP contribution in [0, 0.1) is 48.3 Å². The summed E-state index contributed by atoms with van der Waals surface area (Å²) in [5.41, 5.74) is 0. The fourth-order valence-electron chi connectivity index (χ4n) is 0. The number of nitrogens with zero attached hydrogens (tertiary/aromatic N) is 2. The van der Waals surface area contributed by atoms with E-state index < -0.39 is 0 Å². The van der Waals surface area contributed by atoms with Gasteiger partial charge in [0.2, 0.25) is 10.5 Å². The Balaban J connectivity index is 0. The molecule has 0 aromatic carbocycles. The first kappa shape index (κ1) is 8.82. The molecule has 0 unspecified atom stereocenters. The van der Waals surface area contributed by atoms with E-state index in [1.807, 2.05) is 0 Å². The van der Waals surface area contributed by atoms with Crippen molar-refractivity contribution < 1.29 is 37.7 Å². The summed E-state index contributed by atoms with van der Waals surface area (Å²) in [6.45, 7) is 0. The van der Waals surface area contributed by atoms with Gasteiger partial charge in [-0.3, -0.25) is 0 Å². The van der Waals surface area contributed by atoms with Gasteiger partial charge in [0.25, 0.3) is 0 Å². The quantitative estimate of drug-likeness (QED) is 0.313. The molecular weight excluding hydrogens is 84.0 g/mol. The van der Waals surface area contributed by atoms with Gasteiger partial charge >= 0.3 is 0 Å². The molecule has 0 aliphatic rings. The summed E-state index contributed by atoms with van der Waals surface area (Å²) in [7, 11) is 0. The molecule has 0 aliphatic heterocycles. The van der Waals surface area contributed by atoms with E-state index in [1.165, 1.54) is 5.14 Å². The zero-order chi connectivity index (χ0) is 2.71. The van der Waals surface area contributed by atoms with Gasteiger partial charge in [-0.05, 0) is 0 Å². The smallest absolute Gasteiger partial charge is 0.237 e. The van der Waals surface area contributed by atoms with Crippen molar-refractivity contribution in [3.63, 3.8) is 0 Å². The van der Waals surface area contributed by atoms with E-state index in [-0.39, 0.29) is 37.7 Å². The van der Waals surface area contributed by atoms with Crippen molar-refractivity contribution in [3.8, 4) is 0 Å². The van der Waals surface area contributed by atoms with Crippen molar-refractivity contribution in [2.75, 3.05) is 0 Å². The van der Waals surface area contributed by atoms with Crippen molar-refractivity contribution in [2.24, 2.45) is 0 Å². The fourth-order valence-corrected chi connectivity index (χ4v) is 0. The Bertz CT molecular complexity index is 27.5. The average Bonchev–Trinajstić information content (AvgIpc) is 0.918. The number of diazo groups is 1. The van der Waals surface area contributed by atoms with Gasteiger partial charge in [-0.2, -0.15) is 0 Å². The van der Waals surface area contributed by atoms with Crippen LogP contribution in [0.3, 0.4) is 0 Å². The maximum atomic E-state index is 8.11. The van der Waals surface area contributed by atoms with Crippen molar-refractivity contribution in [3.05, 3.63) is 10.3 Å². The van der Waals surface area contributed by atoms with Gasteiger partial charge in [0.15, 0.2) is 0 Å². The molecule has 0 saturated carbocycles. The van der Waals surface area contributed by atoms with Gasteiger partial charge in [-0.1, -0.05) is 0 Å². The summed E-state index contributed by atoms with van der Waals surface area (Å²) < 4.78 is 0. The standard InChI is InChI=1S/Ar.N2O/c;1-2-3. The monoisotopic (exact) mass is 84.0 g/mol. The molecule has 0 aromatic rings. The molecule has 0 radical (unpaired) electrons. The number of rotatable bonds is 0. The largest absolute Gasteiger partial charge is 0.463 e. The molecule has 4 heteroatoms. The van der Waals surface area contributed by atoms with Crippen LogP contribution in [0.4, 0.5) is 0 Å². The molecule has 4 heavy (non-hydrogen) atoms. The van der Waals surface area contributed by atoms with E-state index in [2.05, 4.69) is 0 Å². The number of hydrogen-bond acceptors (Lipinski definition) is 2. The number of hydrogen-bond donors (Lipinski definition) is 0. The average molecular weight is 84.0 g/mol. The molecule has 0 N–H and O–H groups in total. The summed E-state index contributed by atoms with van der Waals surface area (Å²) in [6, 6.07) is 0. The van der Waals surface area contributed by atoms with E-state index in [9.17, 15) is 0 Å². The summed E-state index contributed by atoms with van der Waals surface area (Å²) >= 11 is 0. The van der Waals surface area contributed by atoms with Gasteiger partial charge < -0.3 is 5.21 Å². The van der Waals surface area contributed by atoms with E-state index in [0.29, 0.717) is 0 Å². The van der Waals surface area contributed by atoms with E-state index >= 15 is 0 Å². The molecule has 0 saturated heterocycles. The molecule has 24 valence electrons. The second-order valence-electron chi connectivity index (χ2n) is 0.0816. The van der Waals surface area contributed by atoms with Crippen LogP contribution in [0.25, 0.3) is 5.14 Å². The summed E-state index contributed by atoms with van der Waals surface area (Å²) in [5, 5.41) is 16.0. The van der Waals surface area contributed by atoms with Gasteiger partial charge in [0.1, 0.15) is 0 Å². The first-order chi connectivity index (χ1) is 1.41. The Morgan fingerprint density at radius 3 is 1.75 bits per heavy atom. The van der Waals surface area contributed by atoms with Crippen LogP contribution in [-0.2, 0) is 0 Å². The van der Waals surface area contributed by atoms with Crippen LogP contribution < -0.4 is 0 Å². The minimum absolute atomic E-state index is 0. The summed E-state index contributed by atoms with van der Waals surface area (Å²) in [6.07, 6.45) is 0. The van der Waals surface area contributed by atoms with E-state index in [4.69, 9.17) is 10.6 Å². The Hall–Kier alpha value is 0.480. The molecule has 0 heterocycles. The second-order valence-corrected chi connectivity index (χ2v) is 0.0816. The van der Waals surface area contributed by atoms with Gasteiger partial charge in [-0.15, -0.1) is 0 Å². The predicted molar refractivity (Wildman–Crippen MR) is 8.45 cm³/mol. The Morgan fingerprint density at radius 2 is 1.75 bits per heavy atom. The van der Waals surface area contributed by atoms with Crippen LogP contribution >= 0.6 is 0 Å². The van der Waals surface area contributed by atoms with Crippen LogP contribution in [0.1, 0.15) is 0 Å². The Labute approximate surface area is 53.2 Å². The second kappa shape index (κ2) is 9.77. The molecule has 3 nitrogen and oxygen atoms in total. The first-order valence-corrected chi connectivity index (χ1v) is 0.383. The fraction of sp³-hybridized carbons (Fsp3) is 0. The van der Waals surface area contributed by atoms with E-state index in [1.54, 1.807) is 0 Å². The molecule has 0 aliphatic carbocycles. The van der Waals surface area contributed by atoms with Crippen LogP contribution in [0.15, 0.2) is 0 Å². The molecule has 0 amide bonds. The SMILES string of the molecule is N#[N+][O-].[Ar]. The summed E-state index contributed by atoms with van der Waals surface area (Å²) in [4.78, 5) is 0. The summed E-state index contributed by atoms with van der Waals surface area (Å²) in [5.74, 6) is 0. The molecule has 0 bridgehead atoms.